The van der Waals surface area contributed by atoms with E-state index in [1.807, 2.05) is 0 Å². The van der Waals surface area contributed by atoms with Crippen LogP contribution in [0.3, 0.4) is 0 Å². The van der Waals surface area contributed by atoms with Crippen molar-refractivity contribution >= 4 is 11.6 Å². The number of amides is 1. The van der Waals surface area contributed by atoms with Gasteiger partial charge in [0.2, 0.25) is 0 Å². The van der Waals surface area contributed by atoms with E-state index in [1.165, 1.54) is 17.7 Å². The summed E-state index contributed by atoms with van der Waals surface area (Å²) in [5, 5.41) is 2.71. The molecule has 0 unspecified atom stereocenters. The van der Waals surface area contributed by atoms with Gasteiger partial charge in [0.25, 0.3) is 11.5 Å². The molecule has 0 aliphatic rings. The highest BCUT2D eigenvalue weighted by Gasteiger charge is 2.11. The van der Waals surface area contributed by atoms with Crippen molar-refractivity contribution in [2.45, 2.75) is 0 Å². The van der Waals surface area contributed by atoms with Crippen LogP contribution >= 0.6 is 0 Å². The normalized spacial score (nSPS) is 10.0. The molecule has 0 aliphatic carbocycles. The van der Waals surface area contributed by atoms with Crippen LogP contribution in [0.2, 0.25) is 0 Å². The maximum absolute atomic E-state index is 12.2. The van der Waals surface area contributed by atoms with Crippen molar-refractivity contribution in [1.29, 1.82) is 0 Å². The average molecular weight is 288 g/mol. The van der Waals surface area contributed by atoms with Crippen LogP contribution in [-0.2, 0) is 7.05 Å². The van der Waals surface area contributed by atoms with Gasteiger partial charge in [0.1, 0.15) is 11.5 Å². The number of aromatic nitrogens is 1. The molecular formula is C15H16N2O4. The van der Waals surface area contributed by atoms with Gasteiger partial charge in [-0.1, -0.05) is 0 Å². The van der Waals surface area contributed by atoms with Gasteiger partial charge in [0, 0.05) is 30.9 Å². The van der Waals surface area contributed by atoms with E-state index < -0.39 is 0 Å². The van der Waals surface area contributed by atoms with Crippen molar-refractivity contribution in [3.05, 3.63) is 52.4 Å². The van der Waals surface area contributed by atoms with Crippen molar-refractivity contribution in [2.24, 2.45) is 7.05 Å². The Morgan fingerprint density at radius 1 is 1.14 bits per heavy atom. The van der Waals surface area contributed by atoms with Gasteiger partial charge >= 0.3 is 0 Å². The monoisotopic (exact) mass is 288 g/mol. The van der Waals surface area contributed by atoms with Gasteiger partial charge in [0.05, 0.1) is 19.9 Å². The van der Waals surface area contributed by atoms with Crippen LogP contribution in [0.4, 0.5) is 5.69 Å². The summed E-state index contributed by atoms with van der Waals surface area (Å²) in [4.78, 5) is 23.7. The van der Waals surface area contributed by atoms with Gasteiger partial charge in [0.15, 0.2) is 0 Å². The zero-order chi connectivity index (χ0) is 15.4. The van der Waals surface area contributed by atoms with E-state index in [-0.39, 0.29) is 17.0 Å². The Balaban J connectivity index is 2.26. The number of hydrogen-bond donors (Lipinski definition) is 1. The Morgan fingerprint density at radius 2 is 1.90 bits per heavy atom. The van der Waals surface area contributed by atoms with Crippen molar-refractivity contribution in [3.8, 4) is 11.5 Å². The fourth-order valence-corrected chi connectivity index (χ4v) is 1.79. The second-order valence-corrected chi connectivity index (χ2v) is 4.38. The van der Waals surface area contributed by atoms with Gasteiger partial charge in [-0.05, 0) is 18.2 Å². The summed E-state index contributed by atoms with van der Waals surface area (Å²) in [6.45, 7) is 0. The summed E-state index contributed by atoms with van der Waals surface area (Å²) >= 11 is 0. The molecule has 0 saturated heterocycles. The van der Waals surface area contributed by atoms with Gasteiger partial charge < -0.3 is 19.4 Å². The third-order valence-electron chi connectivity index (χ3n) is 3.02. The quantitative estimate of drug-likeness (QED) is 0.929. The van der Waals surface area contributed by atoms with E-state index in [9.17, 15) is 9.59 Å². The van der Waals surface area contributed by atoms with Crippen molar-refractivity contribution < 1.29 is 14.3 Å². The lowest BCUT2D eigenvalue weighted by Crippen LogP contribution is -2.20. The summed E-state index contributed by atoms with van der Waals surface area (Å²) in [6, 6.07) is 7.91. The van der Waals surface area contributed by atoms with Crippen LogP contribution in [0.1, 0.15) is 10.4 Å². The molecular weight excluding hydrogens is 272 g/mol. The number of pyridine rings is 1. The molecule has 2 rings (SSSR count). The highest BCUT2D eigenvalue weighted by molar-refractivity contribution is 6.04. The zero-order valence-corrected chi connectivity index (χ0v) is 12.0. The number of anilines is 1. The molecule has 0 bridgehead atoms. The Bertz CT molecular complexity index is 722. The summed E-state index contributed by atoms with van der Waals surface area (Å²) in [7, 11) is 4.67. The predicted octanol–water partition coefficient (Wildman–Crippen LogP) is 1.65. The molecule has 6 heteroatoms. The number of hydrogen-bond acceptors (Lipinski definition) is 4. The third kappa shape index (κ3) is 3.22. The summed E-state index contributed by atoms with van der Waals surface area (Å²) in [5.41, 5.74) is 0.546. The first-order valence-electron chi connectivity index (χ1n) is 6.25. The third-order valence-corrected chi connectivity index (χ3v) is 3.02. The fraction of sp³-hybridized carbons (Fsp3) is 0.200. The van der Waals surface area contributed by atoms with Gasteiger partial charge in [-0.15, -0.1) is 0 Å². The Hall–Kier alpha value is -2.76. The maximum Gasteiger partial charge on any atom is 0.256 e. The van der Waals surface area contributed by atoms with E-state index in [4.69, 9.17) is 9.47 Å². The molecule has 0 fully saturated rings. The van der Waals surface area contributed by atoms with E-state index in [1.54, 1.807) is 44.6 Å². The number of nitrogens with one attached hydrogen (secondary N) is 1. The average Bonchev–Trinajstić information content (AvgIpc) is 2.50. The summed E-state index contributed by atoms with van der Waals surface area (Å²) < 4.78 is 11.7. The van der Waals surface area contributed by atoms with Crippen molar-refractivity contribution in [3.63, 3.8) is 0 Å². The number of carbonyl (C=O) groups excluding carboxylic acids is 1. The number of ether oxygens (including phenoxy) is 2. The Kier molecular flexibility index (Phi) is 4.27. The zero-order valence-electron chi connectivity index (χ0n) is 12.0. The van der Waals surface area contributed by atoms with Gasteiger partial charge in [-0.3, -0.25) is 9.59 Å². The van der Waals surface area contributed by atoms with Crippen molar-refractivity contribution in [2.75, 3.05) is 19.5 Å². The smallest absolute Gasteiger partial charge is 0.256 e. The minimum absolute atomic E-state index is 0.246. The Labute approximate surface area is 121 Å². The molecule has 110 valence electrons. The van der Waals surface area contributed by atoms with Crippen LogP contribution in [0, 0.1) is 0 Å². The maximum atomic E-state index is 12.2. The minimum Gasteiger partial charge on any atom is -0.497 e. The molecule has 0 atom stereocenters. The van der Waals surface area contributed by atoms with E-state index in [2.05, 4.69) is 5.32 Å². The van der Waals surface area contributed by atoms with Crippen LogP contribution in [0.5, 0.6) is 11.5 Å². The van der Waals surface area contributed by atoms with E-state index in [0.717, 1.165) is 0 Å². The van der Waals surface area contributed by atoms with E-state index >= 15 is 0 Å². The minimum atomic E-state index is -0.379. The molecule has 1 heterocycles. The van der Waals surface area contributed by atoms with Gasteiger partial charge in [-0.25, -0.2) is 0 Å². The number of methoxy groups -OCH3 is 2. The molecule has 0 radical (unpaired) electrons. The van der Waals surface area contributed by atoms with Crippen LogP contribution in [-0.4, -0.2) is 24.7 Å². The predicted molar refractivity (Wildman–Crippen MR) is 79.2 cm³/mol. The number of carbonyl (C=O) groups is 1. The number of rotatable bonds is 4. The molecule has 1 amide bonds. The highest BCUT2D eigenvalue weighted by atomic mass is 16.5. The molecule has 1 N–H and O–H groups in total. The molecule has 0 aliphatic heterocycles. The lowest BCUT2D eigenvalue weighted by atomic mass is 10.2. The topological polar surface area (TPSA) is 69.6 Å². The molecule has 0 spiro atoms. The fourth-order valence-electron chi connectivity index (χ4n) is 1.79. The largest absolute Gasteiger partial charge is 0.497 e. The van der Waals surface area contributed by atoms with Crippen LogP contribution in [0.25, 0.3) is 0 Å². The lowest BCUT2D eigenvalue weighted by Gasteiger charge is -2.11. The summed E-state index contributed by atoms with van der Waals surface area (Å²) in [5.74, 6) is 0.723. The molecule has 0 saturated carbocycles. The number of benzene rings is 1. The second kappa shape index (κ2) is 6.13. The first kappa shape index (κ1) is 14.6. The van der Waals surface area contributed by atoms with Crippen LogP contribution in [0.15, 0.2) is 41.3 Å². The molecule has 1 aromatic carbocycles. The van der Waals surface area contributed by atoms with Crippen molar-refractivity contribution in [1.82, 2.24) is 4.57 Å². The molecule has 2 aromatic rings. The highest BCUT2D eigenvalue weighted by Crippen LogP contribution is 2.29. The lowest BCUT2D eigenvalue weighted by molar-refractivity contribution is 0.102. The molecule has 1 aromatic heterocycles. The standard InChI is InChI=1S/C15H16N2O4/c1-17-7-6-10(8-14(17)18)15(19)16-12-5-4-11(20-2)9-13(12)21-3/h4-9H,1-3H3,(H,16,19). The SMILES string of the molecule is COc1ccc(NC(=O)c2ccn(C)c(=O)c2)c(OC)c1. The first-order valence-corrected chi connectivity index (χ1v) is 6.25. The van der Waals surface area contributed by atoms with Gasteiger partial charge in [-0.2, -0.15) is 0 Å². The Morgan fingerprint density at radius 3 is 2.52 bits per heavy atom. The number of aryl methyl sites for hydroxylation is 1. The van der Waals surface area contributed by atoms with E-state index in [0.29, 0.717) is 17.2 Å². The summed E-state index contributed by atoms with van der Waals surface area (Å²) in [6.07, 6.45) is 1.54. The molecule has 6 nitrogen and oxygen atoms in total. The molecule has 21 heavy (non-hydrogen) atoms. The first-order chi connectivity index (χ1) is 10.0. The number of nitrogens with zero attached hydrogens (tertiary/aromatic N) is 1. The second-order valence-electron chi connectivity index (χ2n) is 4.38. The van der Waals surface area contributed by atoms with Crippen LogP contribution < -0.4 is 20.3 Å².